The van der Waals surface area contributed by atoms with Crippen molar-refractivity contribution in [3.05, 3.63) is 29.3 Å². The van der Waals surface area contributed by atoms with E-state index in [4.69, 9.17) is 11.6 Å². The summed E-state index contributed by atoms with van der Waals surface area (Å²) < 4.78 is 0. The Balaban J connectivity index is 1.38. The Morgan fingerprint density at radius 2 is 1.95 bits per heavy atom. The maximum Gasteiger partial charge on any atom is 0.0426 e. The summed E-state index contributed by atoms with van der Waals surface area (Å²) in [6.45, 7) is 1.96. The number of nitrogens with one attached hydrogen (secondary N) is 2. The monoisotopic (exact) mass is 293 g/mol. The summed E-state index contributed by atoms with van der Waals surface area (Å²) in [5.41, 5.74) is 1.10. The average Bonchev–Trinajstić information content (AvgIpc) is 2.65. The van der Waals surface area contributed by atoms with Crippen molar-refractivity contribution >= 4 is 17.3 Å². The molecule has 2 N–H and O–H groups in total. The summed E-state index contributed by atoms with van der Waals surface area (Å²) in [4.78, 5) is 2.59. The van der Waals surface area contributed by atoms with Gasteiger partial charge < -0.3 is 15.5 Å². The zero-order valence-corrected chi connectivity index (χ0v) is 12.9. The molecule has 20 heavy (non-hydrogen) atoms. The van der Waals surface area contributed by atoms with E-state index in [0.717, 1.165) is 35.9 Å². The second kappa shape index (κ2) is 6.33. The number of anilines is 1. The normalized spacial score (nSPS) is 29.6. The van der Waals surface area contributed by atoms with E-state index in [2.05, 4.69) is 28.6 Å². The van der Waals surface area contributed by atoms with Crippen molar-refractivity contribution in [2.45, 2.75) is 43.8 Å². The molecule has 0 saturated carbocycles. The predicted octanol–water partition coefficient (Wildman–Crippen LogP) is 2.97. The van der Waals surface area contributed by atoms with Crippen LogP contribution in [0.5, 0.6) is 0 Å². The third kappa shape index (κ3) is 3.27. The molecule has 1 unspecified atom stereocenters. The third-order valence-electron chi connectivity index (χ3n) is 4.81. The first-order valence-corrected chi connectivity index (χ1v) is 8.05. The first-order chi connectivity index (χ1) is 9.72. The number of nitrogens with zero attached hydrogens (tertiary/aromatic N) is 1. The Kier molecular flexibility index (Phi) is 4.49. The molecule has 1 aromatic rings. The minimum absolute atomic E-state index is 0.699. The fourth-order valence-electron chi connectivity index (χ4n) is 3.66. The van der Waals surface area contributed by atoms with Gasteiger partial charge in [0.1, 0.15) is 0 Å². The molecule has 3 nitrogen and oxygen atoms in total. The topological polar surface area (TPSA) is 27.3 Å². The summed E-state index contributed by atoms with van der Waals surface area (Å²) >= 11 is 5.97. The smallest absolute Gasteiger partial charge is 0.0426 e. The van der Waals surface area contributed by atoms with Crippen molar-refractivity contribution < 1.29 is 0 Å². The minimum Gasteiger partial charge on any atom is -0.384 e. The molecule has 1 aromatic carbocycles. The van der Waals surface area contributed by atoms with Gasteiger partial charge in [0, 0.05) is 41.9 Å². The predicted molar refractivity (Wildman–Crippen MR) is 85.5 cm³/mol. The fraction of sp³-hybridized carbons (Fsp3) is 0.625. The second-order valence-electron chi connectivity index (χ2n) is 6.11. The zero-order chi connectivity index (χ0) is 13.9. The number of rotatable bonds is 5. The number of benzene rings is 1. The van der Waals surface area contributed by atoms with Gasteiger partial charge in [-0.1, -0.05) is 17.7 Å². The van der Waals surface area contributed by atoms with Gasteiger partial charge in [-0.25, -0.2) is 0 Å². The van der Waals surface area contributed by atoms with Crippen LogP contribution in [0.25, 0.3) is 0 Å². The van der Waals surface area contributed by atoms with E-state index in [1.165, 1.54) is 25.7 Å². The molecule has 0 aromatic heterocycles. The van der Waals surface area contributed by atoms with Crippen LogP contribution >= 0.6 is 11.6 Å². The standard InChI is InChI=1S/C16H24ClN3/c1-20-15-5-6-16(20)11-14(10-15)19-8-7-18-13-4-2-3-12(17)9-13/h2-4,9,14-16,18-19H,5-8,10-11H2,1H3/t14?,15-,16+. The average molecular weight is 294 g/mol. The lowest BCUT2D eigenvalue weighted by Gasteiger charge is -2.36. The molecule has 0 aliphatic carbocycles. The van der Waals surface area contributed by atoms with E-state index in [0.29, 0.717) is 6.04 Å². The molecule has 4 heteroatoms. The number of piperidine rings is 1. The van der Waals surface area contributed by atoms with Crippen LogP contribution in [0.2, 0.25) is 5.02 Å². The highest BCUT2D eigenvalue weighted by Gasteiger charge is 2.37. The van der Waals surface area contributed by atoms with Gasteiger partial charge in [-0.3, -0.25) is 0 Å². The summed E-state index contributed by atoms with van der Waals surface area (Å²) in [6, 6.07) is 10.2. The van der Waals surface area contributed by atoms with Crippen LogP contribution < -0.4 is 10.6 Å². The highest BCUT2D eigenvalue weighted by Crippen LogP contribution is 2.34. The molecular formula is C16H24ClN3. The van der Waals surface area contributed by atoms with Crippen LogP contribution in [0.1, 0.15) is 25.7 Å². The Labute approximate surface area is 126 Å². The van der Waals surface area contributed by atoms with E-state index in [1.807, 2.05) is 18.2 Å². The Morgan fingerprint density at radius 3 is 2.65 bits per heavy atom. The van der Waals surface area contributed by atoms with Gasteiger partial charge in [0.15, 0.2) is 0 Å². The van der Waals surface area contributed by atoms with Crippen molar-refractivity contribution in [2.75, 3.05) is 25.5 Å². The molecule has 2 fully saturated rings. The molecular weight excluding hydrogens is 270 g/mol. The van der Waals surface area contributed by atoms with Gasteiger partial charge in [0.2, 0.25) is 0 Å². The van der Waals surface area contributed by atoms with E-state index in [1.54, 1.807) is 0 Å². The maximum absolute atomic E-state index is 5.97. The lowest BCUT2D eigenvalue weighted by atomic mass is 9.98. The SMILES string of the molecule is CN1[C@@H]2CC[C@H]1CC(NCCNc1cccc(Cl)c1)C2. The van der Waals surface area contributed by atoms with Crippen molar-refractivity contribution in [1.82, 2.24) is 10.2 Å². The van der Waals surface area contributed by atoms with Crippen LogP contribution in [0.3, 0.4) is 0 Å². The van der Waals surface area contributed by atoms with Gasteiger partial charge in [0.25, 0.3) is 0 Å². The lowest BCUT2D eigenvalue weighted by Crippen LogP contribution is -2.48. The summed E-state index contributed by atoms with van der Waals surface area (Å²) in [5.74, 6) is 0. The zero-order valence-electron chi connectivity index (χ0n) is 12.1. The highest BCUT2D eigenvalue weighted by molar-refractivity contribution is 6.30. The number of hydrogen-bond acceptors (Lipinski definition) is 3. The molecule has 110 valence electrons. The number of hydrogen-bond donors (Lipinski definition) is 2. The Bertz CT molecular complexity index is 437. The molecule has 2 bridgehead atoms. The first kappa shape index (κ1) is 14.2. The van der Waals surface area contributed by atoms with Crippen molar-refractivity contribution in [1.29, 1.82) is 0 Å². The Morgan fingerprint density at radius 1 is 1.20 bits per heavy atom. The summed E-state index contributed by atoms with van der Waals surface area (Å²) in [6.07, 6.45) is 5.40. The van der Waals surface area contributed by atoms with Crippen LogP contribution in [0, 0.1) is 0 Å². The second-order valence-corrected chi connectivity index (χ2v) is 6.55. The van der Waals surface area contributed by atoms with E-state index < -0.39 is 0 Å². The molecule has 2 heterocycles. The maximum atomic E-state index is 5.97. The van der Waals surface area contributed by atoms with Crippen molar-refractivity contribution in [3.63, 3.8) is 0 Å². The molecule has 3 atom stereocenters. The molecule has 2 aliphatic heterocycles. The quantitative estimate of drug-likeness (QED) is 0.818. The third-order valence-corrected chi connectivity index (χ3v) is 5.05. The molecule has 2 aliphatic rings. The van der Waals surface area contributed by atoms with Crippen molar-refractivity contribution in [3.8, 4) is 0 Å². The molecule has 0 amide bonds. The van der Waals surface area contributed by atoms with Crippen LogP contribution in [0.4, 0.5) is 5.69 Å². The molecule has 0 radical (unpaired) electrons. The minimum atomic E-state index is 0.699. The van der Waals surface area contributed by atoms with E-state index >= 15 is 0 Å². The lowest BCUT2D eigenvalue weighted by molar-refractivity contribution is 0.149. The number of halogens is 1. The van der Waals surface area contributed by atoms with Crippen LogP contribution in [-0.4, -0.2) is 43.2 Å². The summed E-state index contributed by atoms with van der Waals surface area (Å²) in [5, 5.41) is 7.91. The first-order valence-electron chi connectivity index (χ1n) is 7.67. The largest absolute Gasteiger partial charge is 0.384 e. The molecule has 0 spiro atoms. The highest BCUT2D eigenvalue weighted by atomic mass is 35.5. The van der Waals surface area contributed by atoms with E-state index in [-0.39, 0.29) is 0 Å². The van der Waals surface area contributed by atoms with Crippen LogP contribution in [-0.2, 0) is 0 Å². The summed E-state index contributed by atoms with van der Waals surface area (Å²) in [7, 11) is 2.29. The van der Waals surface area contributed by atoms with E-state index in [9.17, 15) is 0 Å². The van der Waals surface area contributed by atoms with Crippen LogP contribution in [0.15, 0.2) is 24.3 Å². The molecule has 2 saturated heterocycles. The van der Waals surface area contributed by atoms with Gasteiger partial charge in [-0.15, -0.1) is 0 Å². The van der Waals surface area contributed by atoms with Gasteiger partial charge in [-0.2, -0.15) is 0 Å². The van der Waals surface area contributed by atoms with Gasteiger partial charge in [-0.05, 0) is 50.9 Å². The Hall–Kier alpha value is -0.770. The van der Waals surface area contributed by atoms with Gasteiger partial charge >= 0.3 is 0 Å². The fourth-order valence-corrected chi connectivity index (χ4v) is 3.85. The van der Waals surface area contributed by atoms with Gasteiger partial charge in [0.05, 0.1) is 0 Å². The number of fused-ring (bicyclic) bond motifs is 2. The molecule has 3 rings (SSSR count). The van der Waals surface area contributed by atoms with Crippen molar-refractivity contribution in [2.24, 2.45) is 0 Å².